The van der Waals surface area contributed by atoms with Gasteiger partial charge >= 0.3 is 0 Å². The van der Waals surface area contributed by atoms with E-state index in [-0.39, 0.29) is 0 Å². The van der Waals surface area contributed by atoms with Gasteiger partial charge in [-0.25, -0.2) is 0 Å². The van der Waals surface area contributed by atoms with Crippen molar-refractivity contribution in [3.05, 3.63) is 309 Å². The van der Waals surface area contributed by atoms with Crippen LogP contribution >= 0.6 is 0 Å². The number of hydrogen-bond donors (Lipinski definition) is 0. The fraction of sp³-hybridized carbons (Fsp3) is 0. The van der Waals surface area contributed by atoms with E-state index in [1.807, 2.05) is 0 Å². The van der Waals surface area contributed by atoms with Gasteiger partial charge in [0.25, 0.3) is 0 Å². The number of nitrogens with zero attached hydrogens (tertiary/aromatic N) is 1. The highest BCUT2D eigenvalue weighted by Gasteiger charge is 2.24. The van der Waals surface area contributed by atoms with Gasteiger partial charge in [-0.3, -0.25) is 0 Å². The van der Waals surface area contributed by atoms with Crippen molar-refractivity contribution in [3.8, 4) is 89.0 Å². The second-order valence-corrected chi connectivity index (χ2v) is 19.1. The SMILES string of the molecule is c1ccc(-c2cccc(-c3ccc(N(c4cccc(-c5ccc6c(c5)c(-c5ccccc5)c(-c5ccccc5)c5ccccc56)c4)c4c(-c5ccccc5)cccc4-c4ccccc4)cc3)c2-c2ccccc2)cc1. The van der Waals surface area contributed by atoms with Crippen molar-refractivity contribution in [2.45, 2.75) is 0 Å². The summed E-state index contributed by atoms with van der Waals surface area (Å²) in [6.07, 6.45) is 0. The van der Waals surface area contributed by atoms with Gasteiger partial charge in [-0.15, -0.1) is 0 Å². The van der Waals surface area contributed by atoms with Crippen LogP contribution in [0.5, 0.6) is 0 Å². The number of benzene rings is 13. The summed E-state index contributed by atoms with van der Waals surface area (Å²) >= 11 is 0. The monoisotopic (exact) mass is 953 g/mol. The van der Waals surface area contributed by atoms with E-state index in [4.69, 9.17) is 0 Å². The minimum Gasteiger partial charge on any atom is -0.309 e. The molecule has 0 N–H and O–H groups in total. The lowest BCUT2D eigenvalue weighted by atomic mass is 9.84. The average molecular weight is 954 g/mol. The summed E-state index contributed by atoms with van der Waals surface area (Å²) in [6, 6.07) is 113. The smallest absolute Gasteiger partial charge is 0.0618 e. The number of hydrogen-bond acceptors (Lipinski definition) is 1. The van der Waals surface area contributed by atoms with Crippen LogP contribution in [0.25, 0.3) is 111 Å². The van der Waals surface area contributed by atoms with Crippen LogP contribution in [-0.4, -0.2) is 0 Å². The molecule has 0 atom stereocenters. The van der Waals surface area contributed by atoms with Gasteiger partial charge in [0.15, 0.2) is 0 Å². The van der Waals surface area contributed by atoms with Crippen molar-refractivity contribution in [2.75, 3.05) is 4.90 Å². The maximum Gasteiger partial charge on any atom is 0.0618 e. The van der Waals surface area contributed by atoms with E-state index in [2.05, 4.69) is 314 Å². The Balaban J connectivity index is 1.03. The van der Waals surface area contributed by atoms with Crippen molar-refractivity contribution in [3.63, 3.8) is 0 Å². The fourth-order valence-corrected chi connectivity index (χ4v) is 11.3. The van der Waals surface area contributed by atoms with Crippen molar-refractivity contribution in [1.82, 2.24) is 0 Å². The molecule has 13 rings (SSSR count). The molecule has 0 aliphatic carbocycles. The third-order valence-corrected chi connectivity index (χ3v) is 14.7. The van der Waals surface area contributed by atoms with Crippen LogP contribution in [0.15, 0.2) is 309 Å². The molecule has 352 valence electrons. The van der Waals surface area contributed by atoms with Gasteiger partial charge in [0, 0.05) is 22.5 Å². The topological polar surface area (TPSA) is 3.24 Å². The molecule has 75 heavy (non-hydrogen) atoms. The summed E-state index contributed by atoms with van der Waals surface area (Å²) in [5.41, 5.74) is 22.1. The Hall–Kier alpha value is -9.82. The van der Waals surface area contributed by atoms with Gasteiger partial charge < -0.3 is 4.90 Å². The lowest BCUT2D eigenvalue weighted by Crippen LogP contribution is -2.13. The van der Waals surface area contributed by atoms with Gasteiger partial charge in [-0.1, -0.05) is 279 Å². The van der Waals surface area contributed by atoms with Gasteiger partial charge in [-0.2, -0.15) is 0 Å². The Morgan fingerprint density at radius 3 is 1.04 bits per heavy atom. The zero-order valence-corrected chi connectivity index (χ0v) is 41.4. The zero-order valence-electron chi connectivity index (χ0n) is 41.4. The van der Waals surface area contributed by atoms with E-state index in [0.717, 1.165) is 56.0 Å². The first-order valence-electron chi connectivity index (χ1n) is 25.8. The van der Waals surface area contributed by atoms with E-state index in [9.17, 15) is 0 Å². The second kappa shape index (κ2) is 20.0. The van der Waals surface area contributed by atoms with Crippen LogP contribution in [0, 0.1) is 0 Å². The predicted octanol–water partition coefficient (Wildman–Crippen LogP) is 20.8. The first-order valence-corrected chi connectivity index (χ1v) is 25.8. The Morgan fingerprint density at radius 2 is 0.520 bits per heavy atom. The molecule has 0 amide bonds. The number of rotatable bonds is 11. The van der Waals surface area contributed by atoms with E-state index < -0.39 is 0 Å². The second-order valence-electron chi connectivity index (χ2n) is 19.1. The Kier molecular flexibility index (Phi) is 12.0. The molecule has 0 spiro atoms. The van der Waals surface area contributed by atoms with E-state index >= 15 is 0 Å². The van der Waals surface area contributed by atoms with Crippen molar-refractivity contribution in [1.29, 1.82) is 0 Å². The van der Waals surface area contributed by atoms with Crippen LogP contribution in [-0.2, 0) is 0 Å². The summed E-state index contributed by atoms with van der Waals surface area (Å²) in [5, 5.41) is 4.95. The van der Waals surface area contributed by atoms with Gasteiger partial charge in [0.1, 0.15) is 0 Å². The van der Waals surface area contributed by atoms with Crippen LogP contribution in [0.3, 0.4) is 0 Å². The maximum atomic E-state index is 2.48. The van der Waals surface area contributed by atoms with Crippen molar-refractivity contribution in [2.24, 2.45) is 0 Å². The third kappa shape index (κ3) is 8.57. The summed E-state index contributed by atoms with van der Waals surface area (Å²) in [6.45, 7) is 0. The number of para-hydroxylation sites is 1. The molecular weight excluding hydrogens is 903 g/mol. The molecule has 13 aromatic rings. The Bertz CT molecular complexity index is 4060. The molecule has 1 nitrogen and oxygen atoms in total. The molecule has 0 fully saturated rings. The third-order valence-electron chi connectivity index (χ3n) is 14.7. The molecule has 0 saturated heterocycles. The van der Waals surface area contributed by atoms with Gasteiger partial charge in [-0.05, 0) is 130 Å². The maximum absolute atomic E-state index is 2.48. The zero-order chi connectivity index (χ0) is 49.9. The molecule has 0 bridgehead atoms. The minimum atomic E-state index is 1.06. The van der Waals surface area contributed by atoms with Gasteiger partial charge in [0.05, 0.1) is 5.69 Å². The molecule has 0 aliphatic heterocycles. The average Bonchev–Trinajstić information content (AvgIpc) is 3.52. The van der Waals surface area contributed by atoms with E-state index in [0.29, 0.717) is 0 Å². The van der Waals surface area contributed by atoms with Crippen LogP contribution in [0.1, 0.15) is 0 Å². The quantitative estimate of drug-likeness (QED) is 0.117. The molecule has 13 aromatic carbocycles. The predicted molar refractivity (Wildman–Crippen MR) is 320 cm³/mol. The summed E-state index contributed by atoms with van der Waals surface area (Å²) in [4.78, 5) is 2.48. The van der Waals surface area contributed by atoms with E-state index in [1.54, 1.807) is 0 Å². The molecule has 0 saturated carbocycles. The lowest BCUT2D eigenvalue weighted by molar-refractivity contribution is 1.28. The molecule has 0 unspecified atom stereocenters. The Labute approximate surface area is 439 Å². The van der Waals surface area contributed by atoms with Crippen molar-refractivity contribution >= 4 is 38.6 Å². The van der Waals surface area contributed by atoms with Crippen LogP contribution < -0.4 is 4.90 Å². The van der Waals surface area contributed by atoms with Crippen LogP contribution in [0.4, 0.5) is 17.1 Å². The highest BCUT2D eigenvalue weighted by Crippen LogP contribution is 2.50. The normalized spacial score (nSPS) is 11.2. The standard InChI is InChI=1S/C74H51N/c1-7-24-52(25-8-1)63-40-22-41-64(71(63)56-30-13-4-14-31-56)55-44-47-61(48-45-55)75(74-65(53-26-9-2-10-27-53)42-23-43-66(74)54-28-11-3-12-29-54)62-37-21-36-59(50-62)60-46-49-68-67-38-19-20-39-69(67)72(57-32-15-5-16-33-57)73(70(68)51-60)58-34-17-6-18-35-58/h1-51H. The largest absolute Gasteiger partial charge is 0.309 e. The molecule has 0 heterocycles. The number of anilines is 3. The lowest BCUT2D eigenvalue weighted by Gasteiger charge is -2.31. The Morgan fingerprint density at radius 1 is 0.173 bits per heavy atom. The molecule has 1 heteroatoms. The van der Waals surface area contributed by atoms with Crippen LogP contribution in [0.2, 0.25) is 0 Å². The molecule has 0 aromatic heterocycles. The highest BCUT2D eigenvalue weighted by atomic mass is 15.1. The van der Waals surface area contributed by atoms with E-state index in [1.165, 1.54) is 71.6 Å². The molecular formula is C74H51N. The summed E-state index contributed by atoms with van der Waals surface area (Å²) < 4.78 is 0. The van der Waals surface area contributed by atoms with Gasteiger partial charge in [0.2, 0.25) is 0 Å². The number of fused-ring (bicyclic) bond motifs is 3. The fourth-order valence-electron chi connectivity index (χ4n) is 11.3. The summed E-state index contributed by atoms with van der Waals surface area (Å²) in [7, 11) is 0. The minimum absolute atomic E-state index is 1.06. The first-order chi connectivity index (χ1) is 37.2. The highest BCUT2D eigenvalue weighted by molar-refractivity contribution is 6.22. The summed E-state index contributed by atoms with van der Waals surface area (Å²) in [5.74, 6) is 0. The first kappa shape index (κ1) is 45.1. The molecule has 0 aliphatic rings. The van der Waals surface area contributed by atoms with Crippen molar-refractivity contribution < 1.29 is 0 Å². The molecule has 0 radical (unpaired) electrons.